The Kier molecular flexibility index (Phi) is 8.35. The van der Waals surface area contributed by atoms with E-state index in [1.54, 1.807) is 36.0 Å². The van der Waals surface area contributed by atoms with Crippen molar-refractivity contribution in [2.75, 3.05) is 18.5 Å². The number of hydrogen-bond acceptors (Lipinski definition) is 6. The number of amides is 1. The molecular weight excluding hydrogens is 430 g/mol. The van der Waals surface area contributed by atoms with Crippen molar-refractivity contribution in [2.24, 2.45) is 0 Å². The van der Waals surface area contributed by atoms with Gasteiger partial charge in [0, 0.05) is 24.4 Å². The Morgan fingerprint density at radius 1 is 1.16 bits per heavy atom. The zero-order valence-corrected chi connectivity index (χ0v) is 18.8. The topological polar surface area (TPSA) is 98.1 Å². The number of ether oxygens (including phenoxy) is 1. The van der Waals surface area contributed by atoms with E-state index in [0.29, 0.717) is 29.6 Å². The molecule has 0 saturated carbocycles. The highest BCUT2D eigenvalue weighted by Gasteiger charge is 2.22. The maximum atomic E-state index is 13.2. The SMILES string of the molecule is CCOC(=O)CN[C@@H](Cc1ccccc1)C(=O)Nc1cc(-c2ccnc(Cl)c2)nn1CC. The van der Waals surface area contributed by atoms with Crippen molar-refractivity contribution in [3.63, 3.8) is 0 Å². The van der Waals surface area contributed by atoms with Crippen molar-refractivity contribution in [2.45, 2.75) is 32.9 Å². The number of aryl methyl sites for hydroxylation is 1. The third-order valence-electron chi connectivity index (χ3n) is 4.75. The second-order valence-electron chi connectivity index (χ2n) is 7.02. The Labute approximate surface area is 191 Å². The summed E-state index contributed by atoms with van der Waals surface area (Å²) in [6.07, 6.45) is 2.02. The Morgan fingerprint density at radius 2 is 1.94 bits per heavy atom. The van der Waals surface area contributed by atoms with Crippen LogP contribution in [0.5, 0.6) is 0 Å². The zero-order chi connectivity index (χ0) is 22.9. The average Bonchev–Trinajstić information content (AvgIpc) is 3.20. The lowest BCUT2D eigenvalue weighted by atomic mass is 10.1. The number of pyridine rings is 1. The lowest BCUT2D eigenvalue weighted by molar-refractivity contribution is -0.142. The Bertz CT molecular complexity index is 1050. The maximum Gasteiger partial charge on any atom is 0.319 e. The summed E-state index contributed by atoms with van der Waals surface area (Å²) in [4.78, 5) is 29.0. The third kappa shape index (κ3) is 6.38. The van der Waals surface area contributed by atoms with E-state index in [1.807, 2.05) is 37.3 Å². The molecule has 0 aliphatic carbocycles. The number of nitrogens with one attached hydrogen (secondary N) is 2. The molecule has 2 heterocycles. The predicted molar refractivity (Wildman–Crippen MR) is 123 cm³/mol. The molecule has 1 aromatic carbocycles. The first-order valence-electron chi connectivity index (χ1n) is 10.4. The van der Waals surface area contributed by atoms with E-state index >= 15 is 0 Å². The molecule has 0 fully saturated rings. The van der Waals surface area contributed by atoms with Gasteiger partial charge in [-0.2, -0.15) is 5.10 Å². The standard InChI is InChI=1S/C23H26ClN5O3/c1-3-29-21(14-18(28-29)17-10-11-25-20(24)13-17)27-23(31)19(26-15-22(30)32-4-2)12-16-8-6-5-7-9-16/h5-11,13-14,19,26H,3-4,12,15H2,1-2H3,(H,27,31)/t19-/m0/s1. The largest absolute Gasteiger partial charge is 0.465 e. The van der Waals surface area contributed by atoms with Crippen molar-refractivity contribution in [1.82, 2.24) is 20.1 Å². The molecule has 168 valence electrons. The van der Waals surface area contributed by atoms with Gasteiger partial charge in [-0.3, -0.25) is 14.9 Å². The van der Waals surface area contributed by atoms with Crippen LogP contribution in [0.25, 0.3) is 11.3 Å². The molecule has 2 aromatic heterocycles. The van der Waals surface area contributed by atoms with Gasteiger partial charge in [-0.25, -0.2) is 9.67 Å². The number of rotatable bonds is 10. The fraction of sp³-hybridized carbons (Fsp3) is 0.304. The monoisotopic (exact) mass is 455 g/mol. The first kappa shape index (κ1) is 23.4. The minimum Gasteiger partial charge on any atom is -0.465 e. The number of nitrogens with zero attached hydrogens (tertiary/aromatic N) is 3. The number of esters is 1. The molecule has 3 aromatic rings. The molecule has 9 heteroatoms. The maximum absolute atomic E-state index is 13.2. The van der Waals surface area contributed by atoms with Gasteiger partial charge in [0.05, 0.1) is 24.9 Å². The molecule has 1 amide bonds. The van der Waals surface area contributed by atoms with E-state index in [4.69, 9.17) is 16.3 Å². The molecule has 0 unspecified atom stereocenters. The van der Waals surface area contributed by atoms with E-state index in [9.17, 15) is 9.59 Å². The summed E-state index contributed by atoms with van der Waals surface area (Å²) in [5.41, 5.74) is 2.44. The van der Waals surface area contributed by atoms with Crippen LogP contribution in [0.15, 0.2) is 54.7 Å². The quantitative estimate of drug-likeness (QED) is 0.359. The summed E-state index contributed by atoms with van der Waals surface area (Å²) < 4.78 is 6.68. The molecule has 0 aliphatic heterocycles. The average molecular weight is 456 g/mol. The number of aromatic nitrogens is 3. The van der Waals surface area contributed by atoms with Crippen LogP contribution in [0.2, 0.25) is 5.15 Å². The summed E-state index contributed by atoms with van der Waals surface area (Å²) in [6, 6.07) is 14.3. The minimum atomic E-state index is -0.638. The van der Waals surface area contributed by atoms with Crippen LogP contribution >= 0.6 is 11.6 Å². The normalized spacial score (nSPS) is 11.7. The van der Waals surface area contributed by atoms with Gasteiger partial charge < -0.3 is 10.1 Å². The zero-order valence-electron chi connectivity index (χ0n) is 18.0. The Morgan fingerprint density at radius 3 is 2.62 bits per heavy atom. The first-order valence-corrected chi connectivity index (χ1v) is 10.8. The highest BCUT2D eigenvalue weighted by Crippen LogP contribution is 2.23. The minimum absolute atomic E-state index is 0.0629. The first-order chi connectivity index (χ1) is 15.5. The van der Waals surface area contributed by atoms with Crippen LogP contribution < -0.4 is 10.6 Å². The van der Waals surface area contributed by atoms with Crippen molar-refractivity contribution in [1.29, 1.82) is 0 Å². The summed E-state index contributed by atoms with van der Waals surface area (Å²) >= 11 is 6.00. The number of hydrogen-bond donors (Lipinski definition) is 2. The number of carbonyl (C=O) groups is 2. The summed E-state index contributed by atoms with van der Waals surface area (Å²) in [6.45, 7) is 4.46. The molecular formula is C23H26ClN5O3. The molecule has 0 radical (unpaired) electrons. The van der Waals surface area contributed by atoms with Crippen LogP contribution in [0, 0.1) is 0 Å². The molecule has 8 nitrogen and oxygen atoms in total. The van der Waals surface area contributed by atoms with Crippen LogP contribution in [0.4, 0.5) is 5.82 Å². The third-order valence-corrected chi connectivity index (χ3v) is 4.96. The molecule has 3 rings (SSSR count). The van der Waals surface area contributed by atoms with Crippen LogP contribution in [-0.4, -0.2) is 45.8 Å². The van der Waals surface area contributed by atoms with E-state index in [-0.39, 0.29) is 19.1 Å². The molecule has 0 spiro atoms. The molecule has 0 saturated heterocycles. The van der Waals surface area contributed by atoms with Crippen molar-refractivity contribution < 1.29 is 14.3 Å². The van der Waals surface area contributed by atoms with Crippen LogP contribution in [0.3, 0.4) is 0 Å². The van der Waals surface area contributed by atoms with Crippen molar-refractivity contribution >= 4 is 29.3 Å². The van der Waals surface area contributed by atoms with E-state index in [2.05, 4.69) is 20.7 Å². The van der Waals surface area contributed by atoms with Gasteiger partial charge in [0.1, 0.15) is 11.0 Å². The van der Waals surface area contributed by atoms with Gasteiger partial charge in [-0.1, -0.05) is 41.9 Å². The highest BCUT2D eigenvalue weighted by atomic mass is 35.5. The Hall–Kier alpha value is -3.23. The van der Waals surface area contributed by atoms with Gasteiger partial charge in [-0.05, 0) is 38.0 Å². The molecule has 2 N–H and O–H groups in total. The van der Waals surface area contributed by atoms with Gasteiger partial charge in [0.2, 0.25) is 5.91 Å². The number of halogens is 1. The van der Waals surface area contributed by atoms with E-state index in [0.717, 1.165) is 11.1 Å². The number of anilines is 1. The number of benzene rings is 1. The smallest absolute Gasteiger partial charge is 0.319 e. The van der Waals surface area contributed by atoms with Gasteiger partial charge in [-0.15, -0.1) is 0 Å². The summed E-state index contributed by atoms with van der Waals surface area (Å²) in [5, 5.41) is 10.9. The van der Waals surface area contributed by atoms with Crippen LogP contribution in [-0.2, 0) is 27.3 Å². The molecule has 0 bridgehead atoms. The van der Waals surface area contributed by atoms with Gasteiger partial charge in [0.15, 0.2) is 0 Å². The molecule has 1 atom stereocenters. The lowest BCUT2D eigenvalue weighted by Gasteiger charge is -2.18. The second-order valence-corrected chi connectivity index (χ2v) is 7.40. The van der Waals surface area contributed by atoms with Crippen molar-refractivity contribution in [3.05, 3.63) is 65.4 Å². The number of carbonyl (C=O) groups excluding carboxylic acids is 2. The Balaban J connectivity index is 1.79. The predicted octanol–water partition coefficient (Wildman–Crippen LogP) is 3.32. The van der Waals surface area contributed by atoms with E-state index in [1.165, 1.54) is 0 Å². The molecule has 32 heavy (non-hydrogen) atoms. The summed E-state index contributed by atoms with van der Waals surface area (Å²) in [7, 11) is 0. The van der Waals surface area contributed by atoms with Gasteiger partial charge in [0.25, 0.3) is 0 Å². The van der Waals surface area contributed by atoms with Crippen LogP contribution in [0.1, 0.15) is 19.4 Å². The van der Waals surface area contributed by atoms with Gasteiger partial charge >= 0.3 is 5.97 Å². The van der Waals surface area contributed by atoms with E-state index < -0.39 is 12.0 Å². The fourth-order valence-corrected chi connectivity index (χ4v) is 3.37. The summed E-state index contributed by atoms with van der Waals surface area (Å²) in [5.74, 6) is -0.127. The van der Waals surface area contributed by atoms with Crippen molar-refractivity contribution in [3.8, 4) is 11.3 Å². The lowest BCUT2D eigenvalue weighted by Crippen LogP contribution is -2.45. The highest BCUT2D eigenvalue weighted by molar-refractivity contribution is 6.29. The fourth-order valence-electron chi connectivity index (χ4n) is 3.20. The molecule has 0 aliphatic rings. The second kappa shape index (κ2) is 11.4.